The molecule has 1 amide bonds. The number of rotatable bonds is 6. The summed E-state index contributed by atoms with van der Waals surface area (Å²) >= 11 is 1.36. The van der Waals surface area contributed by atoms with Gasteiger partial charge in [-0.1, -0.05) is 12.1 Å². The number of halogens is 2. The number of nitrogens with zero attached hydrogens (tertiary/aromatic N) is 1. The van der Waals surface area contributed by atoms with Gasteiger partial charge in [0.15, 0.2) is 6.61 Å². The lowest BCUT2D eigenvalue weighted by atomic mass is 9.96. The van der Waals surface area contributed by atoms with E-state index in [0.717, 1.165) is 36.1 Å². The average molecular weight is 406 g/mol. The summed E-state index contributed by atoms with van der Waals surface area (Å²) in [6.07, 6.45) is 3.73. The zero-order chi connectivity index (χ0) is 20.1. The molecule has 0 spiro atoms. The Morgan fingerprint density at radius 2 is 2.00 bits per heavy atom. The van der Waals surface area contributed by atoms with Crippen molar-refractivity contribution in [2.45, 2.75) is 32.3 Å². The van der Waals surface area contributed by atoms with E-state index in [1.54, 1.807) is 0 Å². The van der Waals surface area contributed by atoms with E-state index < -0.39 is 25.1 Å². The Bertz CT molecular complexity index is 937. The lowest BCUT2D eigenvalue weighted by Gasteiger charge is -2.10. The first kappa shape index (κ1) is 19.8. The summed E-state index contributed by atoms with van der Waals surface area (Å²) in [5.41, 5.74) is 1.22. The van der Waals surface area contributed by atoms with Gasteiger partial charge in [-0.2, -0.15) is 14.0 Å². The third-order valence-corrected chi connectivity index (χ3v) is 5.40. The molecule has 0 bridgehead atoms. The molecule has 6 nitrogen and oxygen atoms in total. The number of hydrogen-bond donors (Lipinski definition) is 1. The molecule has 1 N–H and O–H groups in total. The fraction of sp³-hybridized carbons (Fsp3) is 0.316. The highest BCUT2D eigenvalue weighted by Crippen LogP contribution is 2.37. The van der Waals surface area contributed by atoms with Gasteiger partial charge in [0.2, 0.25) is 0 Å². The molecule has 1 aliphatic carbocycles. The van der Waals surface area contributed by atoms with E-state index in [1.807, 2.05) is 0 Å². The number of esters is 1. The van der Waals surface area contributed by atoms with Crippen molar-refractivity contribution < 1.29 is 27.8 Å². The SMILES string of the molecule is N#Cc1c(NC(=O)COC(=O)c2ccccc2OC(F)F)sc2c1CCCC2. The Morgan fingerprint density at radius 1 is 1.25 bits per heavy atom. The van der Waals surface area contributed by atoms with Crippen LogP contribution in [0.25, 0.3) is 0 Å². The third kappa shape index (κ3) is 4.46. The van der Waals surface area contributed by atoms with E-state index in [9.17, 15) is 23.6 Å². The van der Waals surface area contributed by atoms with Gasteiger partial charge in [0.1, 0.15) is 22.4 Å². The standard InChI is InChI=1S/C19H16F2N2O4S/c20-19(21)27-14-7-3-1-6-12(14)18(25)26-10-16(24)23-17-13(9-22)11-5-2-4-8-15(11)28-17/h1,3,6-7,19H,2,4-5,8,10H2,(H,23,24). The number of nitriles is 1. The molecule has 28 heavy (non-hydrogen) atoms. The highest BCUT2D eigenvalue weighted by Gasteiger charge is 2.23. The van der Waals surface area contributed by atoms with E-state index >= 15 is 0 Å². The van der Waals surface area contributed by atoms with E-state index in [4.69, 9.17) is 4.74 Å². The number of nitrogens with one attached hydrogen (secondary N) is 1. The first-order valence-electron chi connectivity index (χ1n) is 8.55. The van der Waals surface area contributed by atoms with Crippen LogP contribution < -0.4 is 10.1 Å². The van der Waals surface area contributed by atoms with Gasteiger partial charge in [0.05, 0.1) is 5.56 Å². The number of anilines is 1. The van der Waals surface area contributed by atoms with Crippen LogP contribution >= 0.6 is 11.3 Å². The molecule has 2 aromatic rings. The number of hydrogen-bond acceptors (Lipinski definition) is 6. The summed E-state index contributed by atoms with van der Waals surface area (Å²) in [7, 11) is 0. The maximum atomic E-state index is 12.4. The summed E-state index contributed by atoms with van der Waals surface area (Å²) in [6, 6.07) is 7.49. The molecular weight excluding hydrogens is 390 g/mol. The number of para-hydroxylation sites is 1. The molecule has 146 valence electrons. The van der Waals surface area contributed by atoms with Crippen molar-refractivity contribution in [3.8, 4) is 11.8 Å². The first-order valence-corrected chi connectivity index (χ1v) is 9.36. The number of ether oxygens (including phenoxy) is 2. The number of carbonyl (C=O) groups is 2. The fourth-order valence-corrected chi connectivity index (χ4v) is 4.23. The van der Waals surface area contributed by atoms with Crippen LogP contribution in [0.3, 0.4) is 0 Å². The molecule has 1 aromatic carbocycles. The molecular formula is C19H16F2N2O4S. The van der Waals surface area contributed by atoms with Gasteiger partial charge in [0.25, 0.3) is 5.91 Å². The van der Waals surface area contributed by atoms with Crippen LogP contribution in [-0.4, -0.2) is 25.1 Å². The van der Waals surface area contributed by atoms with E-state index in [0.29, 0.717) is 10.6 Å². The first-order chi connectivity index (χ1) is 13.5. The van der Waals surface area contributed by atoms with Crippen molar-refractivity contribution in [1.82, 2.24) is 0 Å². The molecule has 0 aliphatic heterocycles. The highest BCUT2D eigenvalue weighted by molar-refractivity contribution is 7.16. The quantitative estimate of drug-likeness (QED) is 0.735. The van der Waals surface area contributed by atoms with Gasteiger partial charge >= 0.3 is 12.6 Å². The van der Waals surface area contributed by atoms with Crippen molar-refractivity contribution in [3.05, 3.63) is 45.8 Å². The predicted molar refractivity (Wildman–Crippen MR) is 97.7 cm³/mol. The Balaban J connectivity index is 1.63. The average Bonchev–Trinajstić information content (AvgIpc) is 3.03. The summed E-state index contributed by atoms with van der Waals surface area (Å²) in [4.78, 5) is 25.3. The summed E-state index contributed by atoms with van der Waals surface area (Å²) < 4.78 is 34.0. The maximum absolute atomic E-state index is 12.4. The molecule has 0 fully saturated rings. The van der Waals surface area contributed by atoms with E-state index in [-0.39, 0.29) is 11.3 Å². The lowest BCUT2D eigenvalue weighted by Crippen LogP contribution is -2.21. The van der Waals surface area contributed by atoms with Crippen molar-refractivity contribution in [3.63, 3.8) is 0 Å². The molecule has 1 aromatic heterocycles. The van der Waals surface area contributed by atoms with Crippen LogP contribution in [0, 0.1) is 11.3 Å². The second kappa shape index (κ2) is 8.80. The van der Waals surface area contributed by atoms with Gasteiger partial charge in [-0.05, 0) is 43.4 Å². The number of fused-ring (bicyclic) bond motifs is 1. The van der Waals surface area contributed by atoms with Crippen LogP contribution in [-0.2, 0) is 22.4 Å². The van der Waals surface area contributed by atoms with E-state index in [2.05, 4.69) is 16.1 Å². The van der Waals surface area contributed by atoms with Gasteiger partial charge in [0, 0.05) is 4.88 Å². The topological polar surface area (TPSA) is 88.4 Å². The Morgan fingerprint density at radius 3 is 2.75 bits per heavy atom. The summed E-state index contributed by atoms with van der Waals surface area (Å²) in [5, 5.41) is 12.4. The van der Waals surface area contributed by atoms with Gasteiger partial charge in [-0.15, -0.1) is 11.3 Å². The second-order valence-electron chi connectivity index (χ2n) is 6.03. The lowest BCUT2D eigenvalue weighted by molar-refractivity contribution is -0.119. The summed E-state index contributed by atoms with van der Waals surface area (Å²) in [5.74, 6) is -1.91. The zero-order valence-electron chi connectivity index (χ0n) is 14.7. The smallest absolute Gasteiger partial charge is 0.387 e. The zero-order valence-corrected chi connectivity index (χ0v) is 15.5. The van der Waals surface area contributed by atoms with Crippen LogP contribution in [0.1, 0.15) is 39.2 Å². The largest absolute Gasteiger partial charge is 0.452 e. The number of amides is 1. The molecule has 0 radical (unpaired) electrons. The Labute approximate surface area is 163 Å². The predicted octanol–water partition coefficient (Wildman–Crippen LogP) is 3.90. The molecule has 0 unspecified atom stereocenters. The monoisotopic (exact) mass is 406 g/mol. The number of alkyl halides is 2. The number of carbonyl (C=O) groups excluding carboxylic acids is 2. The van der Waals surface area contributed by atoms with Crippen LogP contribution in [0.15, 0.2) is 24.3 Å². The van der Waals surface area contributed by atoms with E-state index in [1.165, 1.54) is 35.6 Å². The van der Waals surface area contributed by atoms with Gasteiger partial charge < -0.3 is 14.8 Å². The van der Waals surface area contributed by atoms with Crippen molar-refractivity contribution >= 4 is 28.2 Å². The molecule has 9 heteroatoms. The molecule has 1 heterocycles. The Kier molecular flexibility index (Phi) is 6.21. The Hall–Kier alpha value is -2.99. The molecule has 3 rings (SSSR count). The third-order valence-electron chi connectivity index (χ3n) is 4.19. The van der Waals surface area contributed by atoms with Gasteiger partial charge in [-0.25, -0.2) is 4.79 Å². The van der Waals surface area contributed by atoms with Crippen LogP contribution in [0.4, 0.5) is 13.8 Å². The highest BCUT2D eigenvalue weighted by atomic mass is 32.1. The minimum atomic E-state index is -3.09. The fourth-order valence-electron chi connectivity index (χ4n) is 2.98. The van der Waals surface area contributed by atoms with Crippen LogP contribution in [0.5, 0.6) is 5.75 Å². The number of aryl methyl sites for hydroxylation is 1. The summed E-state index contributed by atoms with van der Waals surface area (Å²) in [6.45, 7) is -3.71. The molecule has 1 aliphatic rings. The van der Waals surface area contributed by atoms with Crippen molar-refractivity contribution in [2.24, 2.45) is 0 Å². The normalized spacial score (nSPS) is 12.8. The molecule has 0 saturated carbocycles. The maximum Gasteiger partial charge on any atom is 0.387 e. The number of benzene rings is 1. The molecule has 0 saturated heterocycles. The van der Waals surface area contributed by atoms with Crippen LogP contribution in [0.2, 0.25) is 0 Å². The second-order valence-corrected chi connectivity index (χ2v) is 7.13. The van der Waals surface area contributed by atoms with Crippen molar-refractivity contribution in [1.29, 1.82) is 5.26 Å². The minimum absolute atomic E-state index is 0.208. The molecule has 0 atom stereocenters. The van der Waals surface area contributed by atoms with Crippen molar-refractivity contribution in [2.75, 3.05) is 11.9 Å². The minimum Gasteiger partial charge on any atom is -0.452 e. The number of thiophene rings is 1. The van der Waals surface area contributed by atoms with Gasteiger partial charge in [-0.3, -0.25) is 4.79 Å².